The first kappa shape index (κ1) is 12.1. The van der Waals surface area contributed by atoms with Gasteiger partial charge in [0.15, 0.2) is 0 Å². The van der Waals surface area contributed by atoms with E-state index in [2.05, 4.69) is 29.0 Å². The highest BCUT2D eigenvalue weighted by Crippen LogP contribution is 2.22. The van der Waals surface area contributed by atoms with Gasteiger partial charge in [-0.3, -0.25) is 0 Å². The average Bonchev–Trinajstić information content (AvgIpc) is 2.40. The molecule has 0 saturated carbocycles. The number of benzene rings is 1. The van der Waals surface area contributed by atoms with Gasteiger partial charge in [-0.05, 0) is 18.1 Å². The van der Waals surface area contributed by atoms with Crippen LogP contribution in [0.25, 0.3) is 11.1 Å². The van der Waals surface area contributed by atoms with Crippen LogP contribution in [-0.2, 0) is 0 Å². The van der Waals surface area contributed by atoms with Crippen LogP contribution in [0, 0.1) is 18.3 Å². The van der Waals surface area contributed by atoms with Gasteiger partial charge in [-0.2, -0.15) is 5.26 Å². The van der Waals surface area contributed by atoms with Crippen LogP contribution in [0.2, 0.25) is 0 Å². The van der Waals surface area contributed by atoms with Crippen LogP contribution in [-0.4, -0.2) is 23.6 Å². The lowest BCUT2D eigenvalue weighted by atomic mass is 10.0. The van der Waals surface area contributed by atoms with E-state index in [0.717, 1.165) is 11.1 Å². The summed E-state index contributed by atoms with van der Waals surface area (Å²) in [6.07, 6.45) is 3.58. The predicted octanol–water partition coefficient (Wildman–Crippen LogP) is 2.41. The molecule has 0 saturated heterocycles. The maximum absolute atomic E-state index is 8.62. The first-order valence-electron chi connectivity index (χ1n) is 5.68. The van der Waals surface area contributed by atoms with Crippen molar-refractivity contribution < 1.29 is 0 Å². The Kier molecular flexibility index (Phi) is 3.54. The summed E-state index contributed by atoms with van der Waals surface area (Å²) in [5.74, 6) is 0.564. The number of nitrogens with zero attached hydrogens (tertiary/aromatic N) is 4. The number of rotatable bonds is 3. The lowest BCUT2D eigenvalue weighted by Crippen LogP contribution is -2.19. The quantitative estimate of drug-likeness (QED) is 0.770. The summed E-state index contributed by atoms with van der Waals surface area (Å²) in [7, 11) is 1.80. The first-order valence-corrected chi connectivity index (χ1v) is 5.68. The number of anilines is 1. The van der Waals surface area contributed by atoms with E-state index in [-0.39, 0.29) is 6.54 Å². The van der Waals surface area contributed by atoms with Crippen molar-refractivity contribution in [2.24, 2.45) is 0 Å². The maximum Gasteiger partial charge on any atom is 0.225 e. The van der Waals surface area contributed by atoms with Crippen molar-refractivity contribution in [3.05, 3.63) is 42.2 Å². The second-order valence-electron chi connectivity index (χ2n) is 4.10. The Balaban J connectivity index is 2.29. The minimum absolute atomic E-state index is 0.281. The monoisotopic (exact) mass is 238 g/mol. The third-order valence-corrected chi connectivity index (χ3v) is 2.74. The van der Waals surface area contributed by atoms with Gasteiger partial charge < -0.3 is 4.90 Å². The van der Waals surface area contributed by atoms with Crippen molar-refractivity contribution in [2.75, 3.05) is 18.5 Å². The van der Waals surface area contributed by atoms with E-state index in [0.29, 0.717) is 5.95 Å². The number of hydrogen-bond donors (Lipinski definition) is 0. The molecule has 0 unspecified atom stereocenters. The molecule has 0 aliphatic carbocycles. The molecule has 0 bridgehead atoms. The van der Waals surface area contributed by atoms with Crippen LogP contribution in [0.3, 0.4) is 0 Å². The fourth-order valence-electron chi connectivity index (χ4n) is 1.73. The number of aryl methyl sites for hydroxylation is 1. The molecule has 2 aromatic rings. The Bertz CT molecular complexity index is 569. The van der Waals surface area contributed by atoms with E-state index >= 15 is 0 Å². The Hall–Kier alpha value is -2.41. The van der Waals surface area contributed by atoms with Gasteiger partial charge in [0.1, 0.15) is 6.54 Å². The minimum Gasteiger partial charge on any atom is -0.331 e. The summed E-state index contributed by atoms with van der Waals surface area (Å²) in [5, 5.41) is 8.62. The van der Waals surface area contributed by atoms with E-state index in [1.807, 2.05) is 18.2 Å². The molecule has 18 heavy (non-hydrogen) atoms. The summed E-state index contributed by atoms with van der Waals surface area (Å²) in [4.78, 5) is 10.3. The summed E-state index contributed by atoms with van der Waals surface area (Å²) in [6, 6.07) is 10.2. The molecule has 0 aliphatic heterocycles. The van der Waals surface area contributed by atoms with Crippen molar-refractivity contribution in [1.82, 2.24) is 9.97 Å². The molecule has 1 aromatic heterocycles. The molecule has 0 amide bonds. The van der Waals surface area contributed by atoms with Gasteiger partial charge >= 0.3 is 0 Å². The van der Waals surface area contributed by atoms with Crippen LogP contribution < -0.4 is 4.90 Å². The summed E-state index contributed by atoms with van der Waals surface area (Å²) < 4.78 is 0. The predicted molar refractivity (Wildman–Crippen MR) is 71.1 cm³/mol. The number of aromatic nitrogens is 2. The van der Waals surface area contributed by atoms with Crippen LogP contribution in [0.15, 0.2) is 36.7 Å². The standard InChI is InChI=1S/C14H14N4/c1-11-5-3-4-6-13(11)12-9-16-14(17-10-12)18(2)8-7-15/h3-6,9-10H,8H2,1-2H3. The van der Waals surface area contributed by atoms with Crippen LogP contribution >= 0.6 is 0 Å². The fourth-order valence-corrected chi connectivity index (χ4v) is 1.73. The molecule has 2 rings (SSSR count). The molecule has 0 atom stereocenters. The Labute approximate surface area is 107 Å². The van der Waals surface area contributed by atoms with Gasteiger partial charge in [0, 0.05) is 25.0 Å². The van der Waals surface area contributed by atoms with E-state index in [1.54, 1.807) is 24.3 Å². The van der Waals surface area contributed by atoms with Crippen molar-refractivity contribution in [1.29, 1.82) is 5.26 Å². The zero-order valence-corrected chi connectivity index (χ0v) is 10.5. The van der Waals surface area contributed by atoms with Crippen LogP contribution in [0.5, 0.6) is 0 Å². The third-order valence-electron chi connectivity index (χ3n) is 2.74. The molecule has 1 heterocycles. The normalized spacial score (nSPS) is 9.83. The zero-order valence-electron chi connectivity index (χ0n) is 10.5. The van der Waals surface area contributed by atoms with Gasteiger partial charge in [0.2, 0.25) is 5.95 Å². The highest BCUT2D eigenvalue weighted by atomic mass is 15.2. The second kappa shape index (κ2) is 5.28. The summed E-state index contributed by atoms with van der Waals surface area (Å²) >= 11 is 0. The number of hydrogen-bond acceptors (Lipinski definition) is 4. The van der Waals surface area contributed by atoms with E-state index in [4.69, 9.17) is 5.26 Å². The molecule has 4 heteroatoms. The minimum atomic E-state index is 0.281. The molecule has 0 fully saturated rings. The first-order chi connectivity index (χ1) is 8.72. The molecule has 0 spiro atoms. The van der Waals surface area contributed by atoms with Crippen LogP contribution in [0.1, 0.15) is 5.56 Å². The molecular formula is C14H14N4. The molecule has 0 aliphatic rings. The molecule has 0 radical (unpaired) electrons. The van der Waals surface area contributed by atoms with Gasteiger partial charge in [-0.1, -0.05) is 24.3 Å². The third kappa shape index (κ3) is 2.46. The number of nitriles is 1. The van der Waals surface area contributed by atoms with Crippen molar-refractivity contribution in [2.45, 2.75) is 6.92 Å². The Morgan fingerprint density at radius 2 is 1.89 bits per heavy atom. The largest absolute Gasteiger partial charge is 0.331 e. The second-order valence-corrected chi connectivity index (χ2v) is 4.10. The molecule has 4 nitrogen and oxygen atoms in total. The Morgan fingerprint density at radius 3 is 2.50 bits per heavy atom. The molecule has 90 valence electrons. The zero-order chi connectivity index (χ0) is 13.0. The van der Waals surface area contributed by atoms with Gasteiger partial charge in [0.05, 0.1) is 6.07 Å². The van der Waals surface area contributed by atoms with E-state index in [1.165, 1.54) is 5.56 Å². The topological polar surface area (TPSA) is 52.8 Å². The van der Waals surface area contributed by atoms with E-state index in [9.17, 15) is 0 Å². The molecule has 0 N–H and O–H groups in total. The summed E-state index contributed by atoms with van der Waals surface area (Å²) in [5.41, 5.74) is 3.31. The lowest BCUT2D eigenvalue weighted by Gasteiger charge is -2.13. The smallest absolute Gasteiger partial charge is 0.225 e. The van der Waals surface area contributed by atoms with Gasteiger partial charge in [-0.25, -0.2) is 9.97 Å². The molecule has 1 aromatic carbocycles. The lowest BCUT2D eigenvalue weighted by molar-refractivity contribution is 0.947. The highest BCUT2D eigenvalue weighted by molar-refractivity contribution is 5.65. The van der Waals surface area contributed by atoms with Gasteiger partial charge in [-0.15, -0.1) is 0 Å². The average molecular weight is 238 g/mol. The van der Waals surface area contributed by atoms with Crippen LogP contribution in [0.4, 0.5) is 5.95 Å². The molecular weight excluding hydrogens is 224 g/mol. The van der Waals surface area contributed by atoms with E-state index < -0.39 is 0 Å². The van der Waals surface area contributed by atoms with Crippen molar-refractivity contribution in [3.63, 3.8) is 0 Å². The maximum atomic E-state index is 8.62. The van der Waals surface area contributed by atoms with Crippen molar-refractivity contribution in [3.8, 4) is 17.2 Å². The van der Waals surface area contributed by atoms with Crippen molar-refractivity contribution >= 4 is 5.95 Å². The fraction of sp³-hybridized carbons (Fsp3) is 0.214. The Morgan fingerprint density at radius 1 is 1.22 bits per heavy atom. The highest BCUT2D eigenvalue weighted by Gasteiger charge is 2.05. The van der Waals surface area contributed by atoms with Gasteiger partial charge in [0.25, 0.3) is 0 Å². The summed E-state index contributed by atoms with van der Waals surface area (Å²) in [6.45, 7) is 2.34. The SMILES string of the molecule is Cc1ccccc1-c1cnc(N(C)CC#N)nc1.